The maximum atomic E-state index is 6.44. The Morgan fingerprint density at radius 2 is 2.00 bits per heavy atom. The maximum Gasteiger partial charge on any atom is 0.0449 e. The lowest BCUT2D eigenvalue weighted by atomic mass is 9.75. The van der Waals surface area contributed by atoms with Gasteiger partial charge in [-0.15, -0.1) is 0 Å². The fraction of sp³-hybridized carbons (Fsp3) is 0.667. The molecule has 0 fully saturated rings. The van der Waals surface area contributed by atoms with E-state index < -0.39 is 0 Å². The molecule has 120 valence electrons. The minimum Gasteiger partial charge on any atom is -0.314 e. The lowest BCUT2D eigenvalue weighted by Crippen LogP contribution is -2.39. The molecule has 3 heteroatoms. The smallest absolute Gasteiger partial charge is 0.0449 e. The van der Waals surface area contributed by atoms with E-state index in [1.54, 1.807) is 0 Å². The van der Waals surface area contributed by atoms with Crippen molar-refractivity contribution in [3.05, 3.63) is 33.3 Å². The molecule has 0 aliphatic heterocycles. The molecule has 1 aromatic carbocycles. The predicted octanol–water partition coefficient (Wildman–Crippen LogP) is 6.23. The van der Waals surface area contributed by atoms with Gasteiger partial charge in [0.2, 0.25) is 0 Å². The van der Waals surface area contributed by atoms with E-state index in [-0.39, 0.29) is 0 Å². The van der Waals surface area contributed by atoms with Crippen LogP contribution in [0.5, 0.6) is 0 Å². The van der Waals surface area contributed by atoms with Gasteiger partial charge in [0.05, 0.1) is 0 Å². The molecule has 1 unspecified atom stereocenters. The Balaban J connectivity index is 2.92. The summed E-state index contributed by atoms with van der Waals surface area (Å²) in [6.07, 6.45) is 6.01. The highest BCUT2D eigenvalue weighted by Crippen LogP contribution is 2.35. The Morgan fingerprint density at radius 1 is 1.29 bits per heavy atom. The predicted molar refractivity (Wildman–Crippen MR) is 98.2 cm³/mol. The summed E-state index contributed by atoms with van der Waals surface area (Å²) in [5, 5.41) is 4.52. The molecule has 0 saturated carbocycles. The van der Waals surface area contributed by atoms with E-state index in [0.717, 1.165) is 22.5 Å². The average Bonchev–Trinajstić information content (AvgIpc) is 2.44. The van der Waals surface area contributed by atoms with Crippen LogP contribution in [0.3, 0.4) is 0 Å². The van der Waals surface area contributed by atoms with Gasteiger partial charge in [-0.05, 0) is 42.4 Å². The number of rotatable bonds is 9. The van der Waals surface area contributed by atoms with E-state index in [9.17, 15) is 0 Å². The summed E-state index contributed by atoms with van der Waals surface area (Å²) in [6.45, 7) is 10.1. The highest BCUT2D eigenvalue weighted by Gasteiger charge is 2.28. The van der Waals surface area contributed by atoms with Crippen LogP contribution in [-0.2, 0) is 6.42 Å². The van der Waals surface area contributed by atoms with Crippen molar-refractivity contribution < 1.29 is 0 Å². The van der Waals surface area contributed by atoms with E-state index in [2.05, 4.69) is 61.1 Å². The lowest BCUT2D eigenvalue weighted by Gasteiger charge is -2.35. The van der Waals surface area contributed by atoms with Gasteiger partial charge in [0, 0.05) is 22.1 Å². The van der Waals surface area contributed by atoms with Crippen LogP contribution in [0.2, 0.25) is 5.02 Å². The molecular weight excluding hydrogens is 346 g/mol. The zero-order chi connectivity index (χ0) is 15.9. The standard InChI is InChI=1S/C18H29BrClN/c1-5-7-10-18(6-2,13-21-14(3)4)12-15-8-9-16(19)11-17(15)20/h8-9,11,14,21H,5-7,10,12-13H2,1-4H3. The highest BCUT2D eigenvalue weighted by molar-refractivity contribution is 9.10. The van der Waals surface area contributed by atoms with E-state index in [1.807, 2.05) is 6.07 Å². The van der Waals surface area contributed by atoms with Crippen molar-refractivity contribution in [2.45, 2.75) is 65.8 Å². The molecule has 0 saturated heterocycles. The van der Waals surface area contributed by atoms with Crippen LogP contribution in [0, 0.1) is 5.41 Å². The normalized spacial score (nSPS) is 14.4. The molecule has 0 bridgehead atoms. The number of hydrogen-bond donors (Lipinski definition) is 1. The van der Waals surface area contributed by atoms with Gasteiger partial charge in [-0.25, -0.2) is 0 Å². The SMILES string of the molecule is CCCCC(CC)(CNC(C)C)Cc1ccc(Br)cc1Cl. The van der Waals surface area contributed by atoms with Crippen LogP contribution in [0.4, 0.5) is 0 Å². The van der Waals surface area contributed by atoms with Crippen LogP contribution in [0.1, 0.15) is 58.9 Å². The second kappa shape index (κ2) is 9.17. The van der Waals surface area contributed by atoms with Crippen LogP contribution in [-0.4, -0.2) is 12.6 Å². The number of benzene rings is 1. The summed E-state index contributed by atoms with van der Waals surface area (Å²) < 4.78 is 1.05. The molecule has 1 nitrogen and oxygen atoms in total. The number of unbranched alkanes of at least 4 members (excludes halogenated alkanes) is 1. The molecule has 0 amide bonds. The Hall–Kier alpha value is -0.0500. The number of nitrogens with one attached hydrogen (secondary N) is 1. The van der Waals surface area contributed by atoms with Gasteiger partial charge < -0.3 is 5.32 Å². The second-order valence-electron chi connectivity index (χ2n) is 6.41. The van der Waals surface area contributed by atoms with Gasteiger partial charge in [0.1, 0.15) is 0 Å². The Kier molecular flexibility index (Phi) is 8.30. The molecule has 0 heterocycles. The Bertz CT molecular complexity index is 433. The zero-order valence-corrected chi connectivity index (χ0v) is 16.1. The first-order chi connectivity index (χ1) is 9.92. The number of halogens is 2. The van der Waals surface area contributed by atoms with Crippen molar-refractivity contribution in [1.82, 2.24) is 5.32 Å². The molecule has 0 aliphatic carbocycles. The lowest BCUT2D eigenvalue weighted by molar-refractivity contribution is 0.223. The van der Waals surface area contributed by atoms with Crippen LogP contribution >= 0.6 is 27.5 Å². The molecule has 0 aliphatic rings. The fourth-order valence-electron chi connectivity index (χ4n) is 2.71. The van der Waals surface area contributed by atoms with Crippen molar-refractivity contribution in [3.63, 3.8) is 0 Å². The molecule has 1 rings (SSSR count). The summed E-state index contributed by atoms with van der Waals surface area (Å²) in [6, 6.07) is 6.79. The minimum absolute atomic E-state index is 0.303. The van der Waals surface area contributed by atoms with Gasteiger partial charge in [-0.1, -0.05) is 74.1 Å². The minimum atomic E-state index is 0.303. The van der Waals surface area contributed by atoms with Crippen molar-refractivity contribution >= 4 is 27.5 Å². The topological polar surface area (TPSA) is 12.0 Å². The molecule has 0 aromatic heterocycles. The van der Waals surface area contributed by atoms with E-state index >= 15 is 0 Å². The molecule has 1 N–H and O–H groups in total. The highest BCUT2D eigenvalue weighted by atomic mass is 79.9. The average molecular weight is 375 g/mol. The van der Waals surface area contributed by atoms with Crippen LogP contribution in [0.15, 0.2) is 22.7 Å². The summed E-state index contributed by atoms with van der Waals surface area (Å²) in [4.78, 5) is 0. The first kappa shape index (κ1) is 19.0. The molecular formula is C18H29BrClN. The summed E-state index contributed by atoms with van der Waals surface area (Å²) in [5.41, 5.74) is 1.57. The molecule has 1 aromatic rings. The van der Waals surface area contributed by atoms with E-state index in [4.69, 9.17) is 11.6 Å². The van der Waals surface area contributed by atoms with Gasteiger partial charge in [-0.2, -0.15) is 0 Å². The van der Waals surface area contributed by atoms with E-state index in [1.165, 1.54) is 31.2 Å². The summed E-state index contributed by atoms with van der Waals surface area (Å²) >= 11 is 9.93. The molecule has 0 radical (unpaired) electrons. The van der Waals surface area contributed by atoms with Crippen molar-refractivity contribution in [1.29, 1.82) is 0 Å². The van der Waals surface area contributed by atoms with Gasteiger partial charge in [0.15, 0.2) is 0 Å². The first-order valence-electron chi connectivity index (χ1n) is 8.09. The molecule has 0 spiro atoms. The summed E-state index contributed by atoms with van der Waals surface area (Å²) in [5.74, 6) is 0. The third-order valence-electron chi connectivity index (χ3n) is 4.28. The number of hydrogen-bond acceptors (Lipinski definition) is 1. The van der Waals surface area contributed by atoms with E-state index in [0.29, 0.717) is 11.5 Å². The molecule has 1 atom stereocenters. The largest absolute Gasteiger partial charge is 0.314 e. The van der Waals surface area contributed by atoms with Crippen molar-refractivity contribution in [2.75, 3.05) is 6.54 Å². The van der Waals surface area contributed by atoms with Crippen molar-refractivity contribution in [2.24, 2.45) is 5.41 Å². The first-order valence-corrected chi connectivity index (χ1v) is 9.27. The van der Waals surface area contributed by atoms with Crippen LogP contribution in [0.25, 0.3) is 0 Å². The Morgan fingerprint density at radius 3 is 2.52 bits per heavy atom. The second-order valence-corrected chi connectivity index (χ2v) is 7.73. The monoisotopic (exact) mass is 373 g/mol. The van der Waals surface area contributed by atoms with Gasteiger partial charge in [-0.3, -0.25) is 0 Å². The fourth-order valence-corrected chi connectivity index (χ4v) is 3.45. The van der Waals surface area contributed by atoms with Crippen molar-refractivity contribution in [3.8, 4) is 0 Å². The molecule has 21 heavy (non-hydrogen) atoms. The van der Waals surface area contributed by atoms with Gasteiger partial charge in [0.25, 0.3) is 0 Å². The quantitative estimate of drug-likeness (QED) is 0.540. The van der Waals surface area contributed by atoms with Gasteiger partial charge >= 0.3 is 0 Å². The zero-order valence-electron chi connectivity index (χ0n) is 13.8. The van der Waals surface area contributed by atoms with Crippen LogP contribution < -0.4 is 5.32 Å². The third-order valence-corrected chi connectivity index (χ3v) is 5.12. The maximum absolute atomic E-state index is 6.44. The Labute approximate surface area is 144 Å². The summed E-state index contributed by atoms with van der Waals surface area (Å²) in [7, 11) is 0. The third kappa shape index (κ3) is 6.30.